The number of likely N-dealkylation sites (N-methyl/N-ethyl adjacent to an activating group) is 1. The fourth-order valence-electron chi connectivity index (χ4n) is 2.30. The largest absolute Gasteiger partial charge is 0.494 e. The predicted octanol–water partition coefficient (Wildman–Crippen LogP) is 5.11. The van der Waals surface area contributed by atoms with Gasteiger partial charge in [0.2, 0.25) is 0 Å². The minimum absolute atomic E-state index is 0.213. The van der Waals surface area contributed by atoms with Crippen LogP contribution in [0.5, 0.6) is 5.75 Å². The summed E-state index contributed by atoms with van der Waals surface area (Å²) in [6.07, 6.45) is 0.917. The van der Waals surface area contributed by atoms with Crippen molar-refractivity contribution in [3.8, 4) is 5.75 Å². The van der Waals surface area contributed by atoms with Crippen LogP contribution in [0.25, 0.3) is 0 Å². The highest BCUT2D eigenvalue weighted by Crippen LogP contribution is 2.30. The van der Waals surface area contributed by atoms with Gasteiger partial charge in [0.05, 0.1) is 6.61 Å². The van der Waals surface area contributed by atoms with Gasteiger partial charge in [0.25, 0.3) is 0 Å². The molecule has 1 unspecified atom stereocenters. The third kappa shape index (κ3) is 4.56. The van der Waals surface area contributed by atoms with Gasteiger partial charge < -0.3 is 10.1 Å². The quantitative estimate of drug-likeness (QED) is 0.711. The van der Waals surface area contributed by atoms with Crippen molar-refractivity contribution in [3.63, 3.8) is 0 Å². The number of hydrogen-bond donors (Lipinski definition) is 1. The van der Waals surface area contributed by atoms with Crippen LogP contribution in [-0.4, -0.2) is 13.7 Å². The van der Waals surface area contributed by atoms with E-state index in [1.54, 1.807) is 0 Å². The summed E-state index contributed by atoms with van der Waals surface area (Å²) in [7, 11) is 1.99. The summed E-state index contributed by atoms with van der Waals surface area (Å²) in [5.41, 5.74) is 2.47. The maximum Gasteiger partial charge on any atom is 0.124 e. The molecular weight excluding hydrogens is 394 g/mol. The van der Waals surface area contributed by atoms with Gasteiger partial charge in [-0.15, -0.1) is 0 Å². The maximum absolute atomic E-state index is 5.76. The van der Waals surface area contributed by atoms with Crippen molar-refractivity contribution in [2.45, 2.75) is 19.4 Å². The summed E-state index contributed by atoms with van der Waals surface area (Å²) in [5, 5.41) is 3.39. The zero-order chi connectivity index (χ0) is 15.2. The second-order valence-electron chi connectivity index (χ2n) is 4.79. The molecule has 112 valence electrons. The summed E-state index contributed by atoms with van der Waals surface area (Å²) in [6.45, 7) is 2.68. The van der Waals surface area contributed by atoms with Gasteiger partial charge in [-0.3, -0.25) is 0 Å². The summed E-state index contributed by atoms with van der Waals surface area (Å²) in [5.74, 6) is 0.942. The molecule has 2 aromatic rings. The standard InChI is InChI=1S/C17H19Br2NO/c1-3-21-17-9-8-14(19)11-15(17)16(20-2)10-12-4-6-13(18)7-5-12/h4-9,11,16,20H,3,10H2,1-2H3. The van der Waals surface area contributed by atoms with E-state index in [1.165, 1.54) is 11.1 Å². The maximum atomic E-state index is 5.76. The molecule has 4 heteroatoms. The van der Waals surface area contributed by atoms with E-state index in [0.717, 1.165) is 21.1 Å². The van der Waals surface area contributed by atoms with Crippen molar-refractivity contribution in [1.82, 2.24) is 5.32 Å². The SMILES string of the molecule is CCOc1ccc(Br)cc1C(Cc1ccc(Br)cc1)NC. The minimum Gasteiger partial charge on any atom is -0.494 e. The van der Waals surface area contributed by atoms with Crippen LogP contribution in [-0.2, 0) is 6.42 Å². The smallest absolute Gasteiger partial charge is 0.124 e. The lowest BCUT2D eigenvalue weighted by atomic mass is 9.98. The molecule has 0 aliphatic rings. The predicted molar refractivity (Wildman–Crippen MR) is 95.0 cm³/mol. The van der Waals surface area contributed by atoms with Crippen LogP contribution >= 0.6 is 31.9 Å². The Morgan fingerprint density at radius 2 is 1.71 bits per heavy atom. The zero-order valence-corrected chi connectivity index (χ0v) is 15.4. The molecule has 1 N–H and O–H groups in total. The second kappa shape index (κ2) is 7.97. The molecule has 2 aromatic carbocycles. The first-order chi connectivity index (χ1) is 10.1. The number of nitrogens with one attached hydrogen (secondary N) is 1. The van der Waals surface area contributed by atoms with Gasteiger partial charge in [0.15, 0.2) is 0 Å². The van der Waals surface area contributed by atoms with Crippen molar-refractivity contribution in [3.05, 3.63) is 62.5 Å². The number of benzene rings is 2. The molecule has 2 rings (SSSR count). The third-order valence-electron chi connectivity index (χ3n) is 3.35. The topological polar surface area (TPSA) is 21.3 Å². The van der Waals surface area contributed by atoms with E-state index in [4.69, 9.17) is 4.74 Å². The van der Waals surface area contributed by atoms with Crippen molar-refractivity contribution < 1.29 is 4.74 Å². The molecule has 0 aliphatic heterocycles. The lowest BCUT2D eigenvalue weighted by Gasteiger charge is -2.20. The first-order valence-corrected chi connectivity index (χ1v) is 8.56. The molecule has 0 fully saturated rings. The van der Waals surface area contributed by atoms with Crippen LogP contribution in [0.4, 0.5) is 0 Å². The first-order valence-electron chi connectivity index (χ1n) is 6.98. The Bertz CT molecular complexity index is 584. The highest BCUT2D eigenvalue weighted by Gasteiger charge is 2.16. The minimum atomic E-state index is 0.213. The van der Waals surface area contributed by atoms with Crippen LogP contribution < -0.4 is 10.1 Å². The van der Waals surface area contributed by atoms with E-state index < -0.39 is 0 Å². The molecule has 0 saturated carbocycles. The van der Waals surface area contributed by atoms with Crippen LogP contribution in [0.1, 0.15) is 24.1 Å². The molecule has 21 heavy (non-hydrogen) atoms. The molecule has 0 amide bonds. The van der Waals surface area contributed by atoms with Gasteiger partial charge in [0, 0.05) is 20.6 Å². The molecule has 0 aromatic heterocycles. The average Bonchev–Trinajstić information content (AvgIpc) is 2.49. The number of rotatable bonds is 6. The van der Waals surface area contributed by atoms with Gasteiger partial charge >= 0.3 is 0 Å². The molecule has 0 bridgehead atoms. The fraction of sp³-hybridized carbons (Fsp3) is 0.294. The zero-order valence-electron chi connectivity index (χ0n) is 12.2. The van der Waals surface area contributed by atoms with Gasteiger partial charge in [-0.05, 0) is 56.3 Å². The first kappa shape index (κ1) is 16.5. The van der Waals surface area contributed by atoms with E-state index in [-0.39, 0.29) is 6.04 Å². The Morgan fingerprint density at radius 1 is 1.05 bits per heavy atom. The lowest BCUT2D eigenvalue weighted by molar-refractivity contribution is 0.332. The summed E-state index contributed by atoms with van der Waals surface area (Å²) >= 11 is 7.02. The van der Waals surface area contributed by atoms with Crippen LogP contribution in [0.2, 0.25) is 0 Å². The molecule has 0 radical (unpaired) electrons. The van der Waals surface area contributed by atoms with Crippen molar-refractivity contribution in [2.24, 2.45) is 0 Å². The van der Waals surface area contributed by atoms with Gasteiger partial charge in [-0.2, -0.15) is 0 Å². The van der Waals surface area contributed by atoms with Crippen LogP contribution in [0.3, 0.4) is 0 Å². The van der Waals surface area contributed by atoms with Crippen molar-refractivity contribution in [1.29, 1.82) is 0 Å². The molecular formula is C17H19Br2NO. The van der Waals surface area contributed by atoms with Crippen LogP contribution in [0, 0.1) is 0 Å². The number of hydrogen-bond acceptors (Lipinski definition) is 2. The van der Waals surface area contributed by atoms with E-state index in [2.05, 4.69) is 67.5 Å². The highest BCUT2D eigenvalue weighted by molar-refractivity contribution is 9.10. The normalized spacial score (nSPS) is 12.2. The monoisotopic (exact) mass is 411 g/mol. The van der Waals surface area contributed by atoms with E-state index in [1.807, 2.05) is 26.1 Å². The Hall–Kier alpha value is -0.840. The molecule has 1 atom stereocenters. The molecule has 0 aliphatic carbocycles. The Kier molecular flexibility index (Phi) is 6.27. The van der Waals surface area contributed by atoms with Crippen LogP contribution in [0.15, 0.2) is 51.4 Å². The summed E-state index contributed by atoms with van der Waals surface area (Å²) in [6, 6.07) is 14.8. The molecule has 0 heterocycles. The Morgan fingerprint density at radius 3 is 2.33 bits per heavy atom. The summed E-state index contributed by atoms with van der Waals surface area (Å²) < 4.78 is 7.93. The Balaban J connectivity index is 2.27. The Labute approximate surface area is 143 Å². The summed E-state index contributed by atoms with van der Waals surface area (Å²) in [4.78, 5) is 0. The number of ether oxygens (including phenoxy) is 1. The van der Waals surface area contributed by atoms with E-state index in [0.29, 0.717) is 6.61 Å². The van der Waals surface area contributed by atoms with Crippen molar-refractivity contribution >= 4 is 31.9 Å². The van der Waals surface area contributed by atoms with Gasteiger partial charge in [-0.25, -0.2) is 0 Å². The van der Waals surface area contributed by atoms with E-state index in [9.17, 15) is 0 Å². The van der Waals surface area contributed by atoms with Crippen molar-refractivity contribution in [2.75, 3.05) is 13.7 Å². The van der Waals surface area contributed by atoms with Gasteiger partial charge in [0.1, 0.15) is 5.75 Å². The molecule has 0 spiro atoms. The lowest BCUT2D eigenvalue weighted by Crippen LogP contribution is -2.20. The van der Waals surface area contributed by atoms with E-state index >= 15 is 0 Å². The average molecular weight is 413 g/mol. The second-order valence-corrected chi connectivity index (χ2v) is 6.62. The fourth-order valence-corrected chi connectivity index (χ4v) is 2.95. The molecule has 2 nitrogen and oxygen atoms in total. The van der Waals surface area contributed by atoms with Gasteiger partial charge in [-0.1, -0.05) is 44.0 Å². The number of halogens is 2. The third-order valence-corrected chi connectivity index (χ3v) is 4.37. The molecule has 0 saturated heterocycles. The highest BCUT2D eigenvalue weighted by atomic mass is 79.9.